The molecule has 1 atom stereocenters. The van der Waals surface area contributed by atoms with E-state index in [9.17, 15) is 4.79 Å². The monoisotopic (exact) mass is 294 g/mol. The van der Waals surface area contributed by atoms with Crippen molar-refractivity contribution in [1.29, 1.82) is 0 Å². The minimum absolute atomic E-state index is 0.156. The molecule has 0 bridgehead atoms. The average molecular weight is 295 g/mol. The highest BCUT2D eigenvalue weighted by Gasteiger charge is 2.11. The molecule has 1 aromatic carbocycles. The van der Waals surface area contributed by atoms with Gasteiger partial charge in [-0.1, -0.05) is 18.5 Å². The number of nitrogens with two attached hydrogens (primary N) is 1. The van der Waals surface area contributed by atoms with Crippen LogP contribution in [-0.2, 0) is 4.79 Å². The van der Waals surface area contributed by atoms with Crippen LogP contribution < -0.4 is 11.1 Å². The summed E-state index contributed by atoms with van der Waals surface area (Å²) >= 11 is 6.07. The van der Waals surface area contributed by atoms with Gasteiger partial charge in [-0.2, -0.15) is 0 Å². The lowest BCUT2D eigenvalue weighted by atomic mass is 10.1. The molecule has 8 heteroatoms. The predicted molar refractivity (Wildman–Crippen MR) is 75.7 cm³/mol. The second kappa shape index (κ2) is 6.44. The topological polar surface area (TPSA) is 98.7 Å². The molecule has 106 valence electrons. The average Bonchev–Trinajstić information content (AvgIpc) is 2.95. The van der Waals surface area contributed by atoms with Gasteiger partial charge in [0.15, 0.2) is 0 Å². The number of anilines is 1. The summed E-state index contributed by atoms with van der Waals surface area (Å²) in [6, 6.07) is 4.98. The number of amides is 1. The van der Waals surface area contributed by atoms with Crippen LogP contribution in [0.3, 0.4) is 0 Å². The lowest BCUT2D eigenvalue weighted by Gasteiger charge is -2.11. The molecule has 0 aliphatic heterocycles. The van der Waals surface area contributed by atoms with Crippen molar-refractivity contribution < 1.29 is 4.79 Å². The number of carbonyl (C=O) groups is 1. The van der Waals surface area contributed by atoms with Crippen molar-refractivity contribution in [3.8, 4) is 5.69 Å². The first kappa shape index (κ1) is 14.4. The van der Waals surface area contributed by atoms with Gasteiger partial charge in [-0.25, -0.2) is 4.68 Å². The molecule has 0 aliphatic carbocycles. The number of benzene rings is 1. The Kier molecular flexibility index (Phi) is 4.65. The maximum absolute atomic E-state index is 11.8. The molecule has 0 saturated carbocycles. The van der Waals surface area contributed by atoms with E-state index < -0.39 is 0 Å². The second-order valence-corrected chi connectivity index (χ2v) is 4.75. The molecule has 1 heterocycles. The zero-order chi connectivity index (χ0) is 14.5. The van der Waals surface area contributed by atoms with E-state index in [1.807, 2.05) is 6.92 Å². The first-order valence-corrected chi connectivity index (χ1v) is 6.56. The van der Waals surface area contributed by atoms with E-state index in [0.29, 0.717) is 16.4 Å². The van der Waals surface area contributed by atoms with E-state index in [-0.39, 0.29) is 18.4 Å². The van der Waals surface area contributed by atoms with E-state index in [1.54, 1.807) is 18.2 Å². The molecule has 2 aromatic rings. The van der Waals surface area contributed by atoms with Crippen LogP contribution >= 0.6 is 11.6 Å². The van der Waals surface area contributed by atoms with Crippen LogP contribution in [0.4, 0.5) is 5.69 Å². The van der Waals surface area contributed by atoms with Gasteiger partial charge in [-0.3, -0.25) is 4.79 Å². The molecular formula is C12H15ClN6O. The number of halogens is 1. The molecule has 0 radical (unpaired) electrons. The maximum atomic E-state index is 11.8. The van der Waals surface area contributed by atoms with Crippen LogP contribution in [0.5, 0.6) is 0 Å². The Bertz CT molecular complexity index is 586. The lowest BCUT2D eigenvalue weighted by molar-refractivity contribution is -0.116. The van der Waals surface area contributed by atoms with Crippen LogP contribution in [-0.4, -0.2) is 32.2 Å². The van der Waals surface area contributed by atoms with Crippen LogP contribution in [0.1, 0.15) is 19.8 Å². The molecule has 1 unspecified atom stereocenters. The molecule has 20 heavy (non-hydrogen) atoms. The normalized spacial score (nSPS) is 12.2. The number of carbonyl (C=O) groups excluding carboxylic acids is 1. The van der Waals surface area contributed by atoms with Crippen molar-refractivity contribution in [1.82, 2.24) is 20.2 Å². The first-order valence-electron chi connectivity index (χ1n) is 6.18. The van der Waals surface area contributed by atoms with E-state index in [4.69, 9.17) is 17.3 Å². The van der Waals surface area contributed by atoms with Gasteiger partial charge in [0.25, 0.3) is 0 Å². The van der Waals surface area contributed by atoms with Gasteiger partial charge in [0.1, 0.15) is 6.33 Å². The molecule has 2 rings (SSSR count). The standard InChI is InChI=1S/C12H15ClN6O/c1-2-8(14)5-12(20)16-11-6-9(3-4-10(11)13)19-7-15-17-18-19/h3-4,6-8H,2,5,14H2,1H3,(H,16,20). The Hall–Kier alpha value is -1.99. The largest absolute Gasteiger partial charge is 0.327 e. The smallest absolute Gasteiger partial charge is 0.225 e. The lowest BCUT2D eigenvalue weighted by Crippen LogP contribution is -2.26. The molecular weight excluding hydrogens is 280 g/mol. The van der Waals surface area contributed by atoms with Crippen LogP contribution in [0.15, 0.2) is 24.5 Å². The molecule has 7 nitrogen and oxygen atoms in total. The summed E-state index contributed by atoms with van der Waals surface area (Å²) in [6.45, 7) is 1.93. The van der Waals surface area contributed by atoms with Gasteiger partial charge < -0.3 is 11.1 Å². The van der Waals surface area contributed by atoms with Gasteiger partial charge in [0.2, 0.25) is 5.91 Å². The fourth-order valence-corrected chi connectivity index (χ4v) is 1.78. The Labute approximate surface area is 121 Å². The van der Waals surface area contributed by atoms with E-state index in [2.05, 4.69) is 20.8 Å². The third kappa shape index (κ3) is 3.52. The molecule has 0 saturated heterocycles. The Morgan fingerprint density at radius 1 is 1.55 bits per heavy atom. The van der Waals surface area contributed by atoms with Crippen molar-refractivity contribution in [3.63, 3.8) is 0 Å². The summed E-state index contributed by atoms with van der Waals surface area (Å²) in [5.41, 5.74) is 6.96. The SMILES string of the molecule is CCC(N)CC(=O)Nc1cc(-n2cnnn2)ccc1Cl. The zero-order valence-corrected chi connectivity index (χ0v) is 11.7. The molecule has 1 aromatic heterocycles. The Morgan fingerprint density at radius 3 is 3.00 bits per heavy atom. The second-order valence-electron chi connectivity index (χ2n) is 4.34. The van der Waals surface area contributed by atoms with Crippen LogP contribution in [0.2, 0.25) is 5.02 Å². The number of hydrogen-bond donors (Lipinski definition) is 2. The molecule has 0 spiro atoms. The minimum Gasteiger partial charge on any atom is -0.327 e. The first-order chi connectivity index (χ1) is 9.60. The van der Waals surface area contributed by atoms with Crippen molar-refractivity contribution in [3.05, 3.63) is 29.5 Å². The van der Waals surface area contributed by atoms with Gasteiger partial charge >= 0.3 is 0 Å². The van der Waals surface area contributed by atoms with E-state index in [0.717, 1.165) is 6.42 Å². The highest BCUT2D eigenvalue weighted by Crippen LogP contribution is 2.24. The third-order valence-electron chi connectivity index (χ3n) is 2.81. The highest BCUT2D eigenvalue weighted by atomic mass is 35.5. The molecule has 0 fully saturated rings. The maximum Gasteiger partial charge on any atom is 0.225 e. The summed E-state index contributed by atoms with van der Waals surface area (Å²) in [5.74, 6) is -0.171. The fraction of sp³-hybridized carbons (Fsp3) is 0.333. The molecule has 0 aliphatic rings. The van der Waals surface area contributed by atoms with Gasteiger partial charge in [0.05, 0.1) is 16.4 Å². The Balaban J connectivity index is 2.15. The number of nitrogens with zero attached hydrogens (tertiary/aromatic N) is 4. The number of tetrazole rings is 1. The van der Waals surface area contributed by atoms with Gasteiger partial charge in [0, 0.05) is 12.5 Å². The van der Waals surface area contributed by atoms with Crippen molar-refractivity contribution in [2.45, 2.75) is 25.8 Å². The number of nitrogens with one attached hydrogen (secondary N) is 1. The number of aromatic nitrogens is 4. The molecule has 1 amide bonds. The number of rotatable bonds is 5. The van der Waals surface area contributed by atoms with Gasteiger partial charge in [-0.15, -0.1) is 5.10 Å². The molecule has 3 N–H and O–H groups in total. The third-order valence-corrected chi connectivity index (χ3v) is 3.14. The summed E-state index contributed by atoms with van der Waals surface area (Å²) in [4.78, 5) is 11.8. The quantitative estimate of drug-likeness (QED) is 0.868. The minimum atomic E-state index is -0.171. The van der Waals surface area contributed by atoms with Crippen molar-refractivity contribution >= 4 is 23.2 Å². The van der Waals surface area contributed by atoms with E-state index >= 15 is 0 Å². The fourth-order valence-electron chi connectivity index (χ4n) is 1.61. The van der Waals surface area contributed by atoms with E-state index in [1.165, 1.54) is 11.0 Å². The predicted octanol–water partition coefficient (Wildman–Crippen LogP) is 1.38. The number of hydrogen-bond acceptors (Lipinski definition) is 5. The zero-order valence-electron chi connectivity index (χ0n) is 11.0. The van der Waals surface area contributed by atoms with Crippen molar-refractivity contribution in [2.75, 3.05) is 5.32 Å². The van der Waals surface area contributed by atoms with Crippen LogP contribution in [0, 0.1) is 0 Å². The van der Waals surface area contributed by atoms with Gasteiger partial charge in [-0.05, 0) is 35.0 Å². The Morgan fingerprint density at radius 2 is 2.35 bits per heavy atom. The summed E-state index contributed by atoms with van der Waals surface area (Å²) in [7, 11) is 0. The summed E-state index contributed by atoms with van der Waals surface area (Å²) in [5, 5.41) is 14.1. The van der Waals surface area contributed by atoms with Crippen LogP contribution in [0.25, 0.3) is 5.69 Å². The highest BCUT2D eigenvalue weighted by molar-refractivity contribution is 6.33. The van der Waals surface area contributed by atoms with Crippen molar-refractivity contribution in [2.24, 2.45) is 5.73 Å². The summed E-state index contributed by atoms with van der Waals surface area (Å²) in [6.07, 6.45) is 2.45. The summed E-state index contributed by atoms with van der Waals surface area (Å²) < 4.78 is 1.48.